The van der Waals surface area contributed by atoms with E-state index in [9.17, 15) is 18.0 Å². The Morgan fingerprint density at radius 3 is 2.47 bits per heavy atom. The van der Waals surface area contributed by atoms with Crippen LogP contribution in [-0.4, -0.2) is 62.6 Å². The van der Waals surface area contributed by atoms with Gasteiger partial charge in [0.1, 0.15) is 6.54 Å². The summed E-state index contributed by atoms with van der Waals surface area (Å²) in [6.45, 7) is 1.19. The fourth-order valence-electron chi connectivity index (χ4n) is 4.09. The summed E-state index contributed by atoms with van der Waals surface area (Å²) >= 11 is 1.31. The van der Waals surface area contributed by atoms with Crippen LogP contribution in [0.1, 0.15) is 10.4 Å². The third kappa shape index (κ3) is 4.58. The quantitative estimate of drug-likeness (QED) is 0.371. The molecule has 0 atom stereocenters. The summed E-state index contributed by atoms with van der Waals surface area (Å²) in [5.74, 6) is -1.01. The molecule has 0 saturated carbocycles. The van der Waals surface area contributed by atoms with Crippen molar-refractivity contribution in [2.75, 3.05) is 33.4 Å². The summed E-state index contributed by atoms with van der Waals surface area (Å²) < 4.78 is 39.7. The van der Waals surface area contributed by atoms with E-state index < -0.39 is 21.9 Å². The highest BCUT2D eigenvalue weighted by Gasteiger charge is 2.26. The molecule has 1 amide bonds. The Labute approximate surface area is 211 Å². The van der Waals surface area contributed by atoms with Gasteiger partial charge in [-0.2, -0.15) is 9.30 Å². The van der Waals surface area contributed by atoms with Crippen molar-refractivity contribution in [2.24, 2.45) is 4.99 Å². The molecule has 0 spiro atoms. The number of ether oxygens (including phenoxy) is 2. The second-order valence-electron chi connectivity index (χ2n) is 8.14. The number of methoxy groups -OCH3 is 1. The van der Waals surface area contributed by atoms with E-state index in [1.54, 1.807) is 4.57 Å². The second kappa shape index (κ2) is 9.94. The van der Waals surface area contributed by atoms with Crippen molar-refractivity contribution in [1.29, 1.82) is 0 Å². The first kappa shape index (κ1) is 24.3. The van der Waals surface area contributed by atoms with Crippen LogP contribution in [0.3, 0.4) is 0 Å². The first-order valence-electron chi connectivity index (χ1n) is 11.2. The number of hydrogen-bond acceptors (Lipinski definition) is 7. The highest BCUT2D eigenvalue weighted by Crippen LogP contribution is 2.28. The summed E-state index contributed by atoms with van der Waals surface area (Å²) in [5.41, 5.74) is 1.01. The minimum Gasteiger partial charge on any atom is -0.468 e. The third-order valence-corrected chi connectivity index (χ3v) is 9.04. The van der Waals surface area contributed by atoms with Gasteiger partial charge in [0, 0.05) is 24.0 Å². The Balaban J connectivity index is 1.53. The number of amides is 1. The molecule has 5 rings (SSSR count). The van der Waals surface area contributed by atoms with Gasteiger partial charge in [0.15, 0.2) is 4.80 Å². The van der Waals surface area contributed by atoms with Crippen LogP contribution in [0.2, 0.25) is 0 Å². The molecule has 1 aliphatic heterocycles. The van der Waals surface area contributed by atoms with E-state index in [2.05, 4.69) is 4.99 Å². The molecule has 0 unspecified atom stereocenters. The molecule has 11 heteroatoms. The van der Waals surface area contributed by atoms with Gasteiger partial charge in [0.2, 0.25) is 10.0 Å². The molecule has 4 aromatic rings. The molecular weight excluding hydrogens is 502 g/mol. The maximum absolute atomic E-state index is 13.1. The van der Waals surface area contributed by atoms with Gasteiger partial charge in [-0.05, 0) is 35.7 Å². The molecule has 36 heavy (non-hydrogen) atoms. The molecule has 0 N–H and O–H groups in total. The molecule has 3 aromatic carbocycles. The number of thiazole rings is 1. The lowest BCUT2D eigenvalue weighted by Crippen LogP contribution is -2.40. The van der Waals surface area contributed by atoms with E-state index >= 15 is 0 Å². The first-order valence-corrected chi connectivity index (χ1v) is 13.5. The minimum absolute atomic E-state index is 0.0995. The average molecular weight is 526 g/mol. The fourth-order valence-corrected chi connectivity index (χ4v) is 6.66. The molecule has 2 heterocycles. The van der Waals surface area contributed by atoms with Gasteiger partial charge >= 0.3 is 5.97 Å². The number of carbonyl (C=O) groups is 2. The van der Waals surface area contributed by atoms with Gasteiger partial charge in [-0.3, -0.25) is 9.59 Å². The van der Waals surface area contributed by atoms with Gasteiger partial charge in [0.25, 0.3) is 5.91 Å². The van der Waals surface area contributed by atoms with Crippen molar-refractivity contribution in [2.45, 2.75) is 11.4 Å². The fraction of sp³-hybridized carbons (Fsp3) is 0.240. The number of hydrogen-bond donors (Lipinski definition) is 0. The molecule has 1 aliphatic rings. The molecule has 0 aliphatic carbocycles. The van der Waals surface area contributed by atoms with Crippen LogP contribution in [0.25, 0.3) is 21.0 Å². The molecular formula is C25H23N3O6S2. The summed E-state index contributed by atoms with van der Waals surface area (Å²) in [7, 11) is -2.36. The number of aromatic nitrogens is 1. The maximum Gasteiger partial charge on any atom is 0.325 e. The van der Waals surface area contributed by atoms with Gasteiger partial charge in [0.05, 0.1) is 35.4 Å². The summed E-state index contributed by atoms with van der Waals surface area (Å²) in [4.78, 5) is 29.9. The maximum atomic E-state index is 13.1. The Kier molecular flexibility index (Phi) is 6.71. The second-order valence-corrected chi connectivity index (χ2v) is 11.1. The molecule has 0 radical (unpaired) electrons. The Morgan fingerprint density at radius 2 is 1.75 bits per heavy atom. The van der Waals surface area contributed by atoms with Gasteiger partial charge < -0.3 is 14.0 Å². The normalized spacial score (nSPS) is 15.4. The van der Waals surface area contributed by atoms with E-state index in [4.69, 9.17) is 9.47 Å². The predicted octanol–water partition coefficient (Wildman–Crippen LogP) is 2.79. The largest absolute Gasteiger partial charge is 0.468 e. The lowest BCUT2D eigenvalue weighted by molar-refractivity contribution is -0.141. The van der Waals surface area contributed by atoms with Crippen molar-refractivity contribution >= 4 is 54.2 Å². The number of morpholine rings is 1. The van der Waals surface area contributed by atoms with E-state index in [-0.39, 0.29) is 17.0 Å². The summed E-state index contributed by atoms with van der Waals surface area (Å²) in [5, 5.41) is 2.02. The number of carbonyl (C=O) groups excluding carboxylic acids is 2. The molecule has 0 bridgehead atoms. The smallest absolute Gasteiger partial charge is 0.325 e. The zero-order chi connectivity index (χ0) is 25.3. The lowest BCUT2D eigenvalue weighted by Gasteiger charge is -2.26. The van der Waals surface area contributed by atoms with Crippen molar-refractivity contribution in [3.05, 3.63) is 71.0 Å². The van der Waals surface area contributed by atoms with E-state index in [0.29, 0.717) is 31.1 Å². The number of esters is 1. The van der Waals surface area contributed by atoms with E-state index in [1.807, 2.05) is 36.4 Å². The molecule has 1 saturated heterocycles. The SMILES string of the molecule is COC(=O)Cn1c(=NC(=O)c2ccc(S(=O)(=O)N3CCOCC3)cc2)sc2c3ccccc3ccc21. The molecule has 9 nitrogen and oxygen atoms in total. The van der Waals surface area contributed by atoms with Gasteiger partial charge in [-0.15, -0.1) is 0 Å². The Morgan fingerprint density at radius 1 is 1.03 bits per heavy atom. The van der Waals surface area contributed by atoms with Crippen molar-refractivity contribution in [1.82, 2.24) is 8.87 Å². The monoisotopic (exact) mass is 525 g/mol. The molecule has 1 fully saturated rings. The average Bonchev–Trinajstić information content (AvgIpc) is 3.26. The molecule has 186 valence electrons. The summed E-state index contributed by atoms with van der Waals surface area (Å²) in [6, 6.07) is 17.4. The topological polar surface area (TPSA) is 107 Å². The van der Waals surface area contributed by atoms with Crippen LogP contribution in [0.15, 0.2) is 70.6 Å². The third-order valence-electron chi connectivity index (χ3n) is 6.00. The standard InChI is InChI=1S/C25H23N3O6S2/c1-33-22(29)16-28-21-11-8-17-4-2-3-5-20(17)23(21)35-25(28)26-24(30)18-6-9-19(10-7-18)36(31,32)27-12-14-34-15-13-27/h2-11H,12-16H2,1H3. The molecule has 1 aromatic heterocycles. The predicted molar refractivity (Wildman–Crippen MR) is 135 cm³/mol. The van der Waals surface area contributed by atoms with Crippen LogP contribution in [-0.2, 0) is 30.8 Å². The number of benzene rings is 3. The van der Waals surface area contributed by atoms with Crippen molar-refractivity contribution in [3.8, 4) is 0 Å². The number of rotatable bonds is 5. The van der Waals surface area contributed by atoms with Crippen LogP contribution in [0, 0.1) is 0 Å². The highest BCUT2D eigenvalue weighted by atomic mass is 32.2. The van der Waals surface area contributed by atoms with Crippen molar-refractivity contribution in [3.63, 3.8) is 0 Å². The van der Waals surface area contributed by atoms with Crippen LogP contribution in [0.5, 0.6) is 0 Å². The number of sulfonamides is 1. The Hall–Kier alpha value is -3.38. The number of fused-ring (bicyclic) bond motifs is 3. The number of nitrogens with zero attached hydrogens (tertiary/aromatic N) is 3. The first-order chi connectivity index (χ1) is 17.4. The summed E-state index contributed by atoms with van der Waals surface area (Å²) in [6.07, 6.45) is 0. The zero-order valence-electron chi connectivity index (χ0n) is 19.4. The van der Waals surface area contributed by atoms with E-state index in [0.717, 1.165) is 21.0 Å². The van der Waals surface area contributed by atoms with Crippen molar-refractivity contribution < 1.29 is 27.5 Å². The minimum atomic E-state index is -3.67. The van der Waals surface area contributed by atoms with Crippen LogP contribution in [0.4, 0.5) is 0 Å². The highest BCUT2D eigenvalue weighted by molar-refractivity contribution is 7.89. The van der Waals surface area contributed by atoms with Gasteiger partial charge in [-0.25, -0.2) is 8.42 Å². The van der Waals surface area contributed by atoms with Crippen LogP contribution < -0.4 is 4.80 Å². The lowest BCUT2D eigenvalue weighted by atomic mass is 10.1. The Bertz CT molecular complexity index is 1630. The van der Waals surface area contributed by atoms with E-state index in [1.165, 1.54) is 47.0 Å². The van der Waals surface area contributed by atoms with Crippen LogP contribution >= 0.6 is 11.3 Å². The van der Waals surface area contributed by atoms with Gasteiger partial charge in [-0.1, -0.05) is 41.7 Å². The zero-order valence-corrected chi connectivity index (χ0v) is 21.0.